The molecule has 0 aliphatic carbocycles. The zero-order valence-corrected chi connectivity index (χ0v) is 16.2. The summed E-state index contributed by atoms with van der Waals surface area (Å²) in [7, 11) is 0. The van der Waals surface area contributed by atoms with E-state index in [1.54, 1.807) is 12.4 Å². The summed E-state index contributed by atoms with van der Waals surface area (Å²) in [6.45, 7) is 2.12. The third kappa shape index (κ3) is 4.04. The molecule has 0 aliphatic heterocycles. The van der Waals surface area contributed by atoms with E-state index in [0.29, 0.717) is 11.0 Å². The summed E-state index contributed by atoms with van der Waals surface area (Å²) >= 11 is 1.30. The topological polar surface area (TPSA) is 83.6 Å². The Balaban J connectivity index is 1.39. The van der Waals surface area contributed by atoms with Gasteiger partial charge in [0.15, 0.2) is 5.82 Å². The van der Waals surface area contributed by atoms with Crippen molar-refractivity contribution in [3.05, 3.63) is 66.5 Å². The molecule has 4 rings (SSSR count). The van der Waals surface area contributed by atoms with Crippen molar-refractivity contribution in [1.82, 2.24) is 20.2 Å². The maximum absolute atomic E-state index is 12.4. The number of fused-ring (bicyclic) bond motifs is 1. The zero-order chi connectivity index (χ0) is 19.3. The minimum absolute atomic E-state index is 0.104. The minimum Gasteiger partial charge on any atom is -0.325 e. The van der Waals surface area contributed by atoms with E-state index in [2.05, 4.69) is 44.5 Å². The lowest BCUT2D eigenvalue weighted by Crippen LogP contribution is -2.14. The van der Waals surface area contributed by atoms with E-state index in [1.807, 2.05) is 36.4 Å². The first kappa shape index (κ1) is 18.2. The maximum Gasteiger partial charge on any atom is 0.234 e. The molecule has 0 saturated carbocycles. The molecule has 1 amide bonds. The predicted octanol–water partition coefficient (Wildman–Crippen LogP) is 4.31. The number of nitrogens with one attached hydrogen (secondary N) is 2. The van der Waals surface area contributed by atoms with E-state index in [0.717, 1.165) is 28.4 Å². The lowest BCUT2D eigenvalue weighted by atomic mass is 10.1. The Morgan fingerprint density at radius 2 is 2.00 bits per heavy atom. The van der Waals surface area contributed by atoms with Crippen molar-refractivity contribution in [3.8, 4) is 11.4 Å². The molecule has 6 nitrogen and oxygen atoms in total. The Morgan fingerprint density at radius 1 is 1.14 bits per heavy atom. The fraction of sp³-hybridized carbons (Fsp3) is 0.143. The van der Waals surface area contributed by atoms with Gasteiger partial charge in [0.1, 0.15) is 0 Å². The summed E-state index contributed by atoms with van der Waals surface area (Å²) in [6, 6.07) is 15.9. The number of hydrogen-bond acceptors (Lipinski definition) is 5. The second-order valence-corrected chi connectivity index (χ2v) is 7.20. The predicted molar refractivity (Wildman–Crippen MR) is 112 cm³/mol. The number of aromatic amines is 1. The van der Waals surface area contributed by atoms with Gasteiger partial charge in [-0.15, -0.1) is 5.10 Å². The van der Waals surface area contributed by atoms with Crippen molar-refractivity contribution in [1.29, 1.82) is 0 Å². The molecule has 0 aliphatic rings. The zero-order valence-electron chi connectivity index (χ0n) is 15.3. The molecule has 28 heavy (non-hydrogen) atoms. The highest BCUT2D eigenvalue weighted by Gasteiger charge is 2.10. The number of carbonyl (C=O) groups is 1. The SMILES string of the molecule is CCc1ccc(-c2nc(SCC(=O)Nc3cccc4cnccc34)n[nH]2)cc1. The van der Waals surface area contributed by atoms with Crippen LogP contribution in [0.2, 0.25) is 0 Å². The maximum atomic E-state index is 12.4. The Hall–Kier alpha value is -3.19. The van der Waals surface area contributed by atoms with Crippen molar-refractivity contribution in [2.75, 3.05) is 11.1 Å². The number of aryl methyl sites for hydroxylation is 1. The van der Waals surface area contributed by atoms with Crippen molar-refractivity contribution in [2.24, 2.45) is 0 Å². The number of benzene rings is 2. The van der Waals surface area contributed by atoms with Crippen LogP contribution in [0.5, 0.6) is 0 Å². The third-order valence-corrected chi connectivity index (χ3v) is 5.24. The van der Waals surface area contributed by atoms with E-state index < -0.39 is 0 Å². The normalized spacial score (nSPS) is 10.9. The number of carbonyl (C=O) groups excluding carboxylic acids is 1. The molecule has 4 aromatic rings. The van der Waals surface area contributed by atoms with Gasteiger partial charge in [0.25, 0.3) is 0 Å². The molecule has 0 spiro atoms. The number of thioether (sulfide) groups is 1. The van der Waals surface area contributed by atoms with Gasteiger partial charge in [-0.2, -0.15) is 0 Å². The molecule has 2 aromatic carbocycles. The molecular weight excluding hydrogens is 370 g/mol. The molecule has 2 aromatic heterocycles. The standard InChI is InChI=1S/C21H19N5OS/c1-2-14-6-8-15(9-7-14)20-24-21(26-25-20)28-13-19(27)23-18-5-3-4-16-12-22-11-10-17(16)18/h3-12H,2,13H2,1H3,(H,23,27)(H,24,25,26). The van der Waals surface area contributed by atoms with Crippen molar-refractivity contribution in [2.45, 2.75) is 18.5 Å². The fourth-order valence-corrected chi connectivity index (χ4v) is 3.48. The second kappa shape index (κ2) is 8.22. The molecule has 140 valence electrons. The summed E-state index contributed by atoms with van der Waals surface area (Å²) in [4.78, 5) is 20.9. The van der Waals surface area contributed by atoms with Crippen LogP contribution in [0.4, 0.5) is 5.69 Å². The first-order valence-electron chi connectivity index (χ1n) is 9.00. The van der Waals surface area contributed by atoms with E-state index in [-0.39, 0.29) is 11.7 Å². The molecule has 0 unspecified atom stereocenters. The van der Waals surface area contributed by atoms with Crippen LogP contribution in [0, 0.1) is 0 Å². The number of amides is 1. The van der Waals surface area contributed by atoms with Gasteiger partial charge in [0, 0.05) is 34.4 Å². The molecule has 7 heteroatoms. The van der Waals surface area contributed by atoms with Gasteiger partial charge in [-0.3, -0.25) is 14.9 Å². The van der Waals surface area contributed by atoms with E-state index in [4.69, 9.17) is 0 Å². The van der Waals surface area contributed by atoms with Crippen LogP contribution in [-0.4, -0.2) is 31.8 Å². The van der Waals surface area contributed by atoms with Gasteiger partial charge >= 0.3 is 0 Å². The highest BCUT2D eigenvalue weighted by Crippen LogP contribution is 2.23. The first-order valence-corrected chi connectivity index (χ1v) is 9.98. The van der Waals surface area contributed by atoms with Crippen molar-refractivity contribution >= 4 is 34.1 Å². The van der Waals surface area contributed by atoms with Crippen LogP contribution in [0.3, 0.4) is 0 Å². The lowest BCUT2D eigenvalue weighted by Gasteiger charge is -2.07. The number of H-pyrrole nitrogens is 1. The lowest BCUT2D eigenvalue weighted by molar-refractivity contribution is -0.113. The van der Waals surface area contributed by atoms with Crippen LogP contribution in [0.1, 0.15) is 12.5 Å². The van der Waals surface area contributed by atoms with Crippen LogP contribution in [0.25, 0.3) is 22.2 Å². The fourth-order valence-electron chi connectivity index (χ4n) is 2.89. The largest absolute Gasteiger partial charge is 0.325 e. The molecule has 0 atom stereocenters. The summed E-state index contributed by atoms with van der Waals surface area (Å²) < 4.78 is 0. The number of anilines is 1. The first-order chi connectivity index (χ1) is 13.7. The van der Waals surface area contributed by atoms with E-state index in [9.17, 15) is 4.79 Å². The van der Waals surface area contributed by atoms with Crippen LogP contribution >= 0.6 is 11.8 Å². The summed E-state index contributed by atoms with van der Waals surface area (Å²) in [6.07, 6.45) is 4.50. The average molecular weight is 389 g/mol. The van der Waals surface area contributed by atoms with Gasteiger partial charge < -0.3 is 5.32 Å². The molecule has 2 N–H and O–H groups in total. The second-order valence-electron chi connectivity index (χ2n) is 6.26. The molecular formula is C21H19N5OS. The Kier molecular flexibility index (Phi) is 5.34. The number of aromatic nitrogens is 4. The molecule has 0 saturated heterocycles. The molecule has 2 heterocycles. The number of rotatable bonds is 6. The Labute approximate surface area is 166 Å². The van der Waals surface area contributed by atoms with Gasteiger partial charge in [-0.05, 0) is 24.1 Å². The summed E-state index contributed by atoms with van der Waals surface area (Å²) in [5.41, 5.74) is 3.03. The highest BCUT2D eigenvalue weighted by molar-refractivity contribution is 7.99. The van der Waals surface area contributed by atoms with Crippen molar-refractivity contribution < 1.29 is 4.79 Å². The van der Waals surface area contributed by atoms with Crippen molar-refractivity contribution in [3.63, 3.8) is 0 Å². The third-order valence-electron chi connectivity index (χ3n) is 4.39. The van der Waals surface area contributed by atoms with E-state index >= 15 is 0 Å². The van der Waals surface area contributed by atoms with Crippen LogP contribution in [0.15, 0.2) is 66.1 Å². The van der Waals surface area contributed by atoms with Crippen LogP contribution < -0.4 is 5.32 Å². The van der Waals surface area contributed by atoms with Gasteiger partial charge in [0.2, 0.25) is 11.1 Å². The van der Waals surface area contributed by atoms with Gasteiger partial charge in [-0.25, -0.2) is 4.98 Å². The number of nitrogens with zero attached hydrogens (tertiary/aromatic N) is 3. The number of hydrogen-bond donors (Lipinski definition) is 2. The molecule has 0 bridgehead atoms. The summed E-state index contributed by atoms with van der Waals surface area (Å²) in [5.74, 6) is 0.827. The minimum atomic E-state index is -0.104. The smallest absolute Gasteiger partial charge is 0.234 e. The number of pyridine rings is 1. The van der Waals surface area contributed by atoms with Gasteiger partial charge in [-0.1, -0.05) is 55.1 Å². The average Bonchev–Trinajstić information content (AvgIpc) is 3.22. The van der Waals surface area contributed by atoms with Gasteiger partial charge in [0.05, 0.1) is 5.75 Å². The molecule has 0 fully saturated rings. The quantitative estimate of drug-likeness (QED) is 0.480. The summed E-state index contributed by atoms with van der Waals surface area (Å²) in [5, 5.41) is 12.6. The molecule has 0 radical (unpaired) electrons. The monoisotopic (exact) mass is 389 g/mol. The highest BCUT2D eigenvalue weighted by atomic mass is 32.2. The Morgan fingerprint density at radius 3 is 2.82 bits per heavy atom. The Bertz CT molecular complexity index is 1100. The van der Waals surface area contributed by atoms with Crippen LogP contribution in [-0.2, 0) is 11.2 Å². The van der Waals surface area contributed by atoms with E-state index in [1.165, 1.54) is 17.3 Å².